The van der Waals surface area contributed by atoms with Crippen molar-refractivity contribution in [2.75, 3.05) is 32.2 Å². The van der Waals surface area contributed by atoms with Crippen molar-refractivity contribution in [2.45, 2.75) is 42.8 Å². The highest BCUT2D eigenvalue weighted by molar-refractivity contribution is 7.99. The average Bonchev–Trinajstić information content (AvgIpc) is 3.49. The molecule has 0 saturated heterocycles. The first kappa shape index (κ1) is 24.7. The molecule has 8 nitrogen and oxygen atoms in total. The fraction of sp³-hybridized carbons (Fsp3) is 0.520. The molecule has 2 aliphatic carbocycles. The van der Waals surface area contributed by atoms with Gasteiger partial charge in [-0.25, -0.2) is 0 Å². The van der Waals surface area contributed by atoms with Crippen molar-refractivity contribution in [3.05, 3.63) is 41.5 Å². The van der Waals surface area contributed by atoms with Crippen LogP contribution in [0.2, 0.25) is 0 Å². The summed E-state index contributed by atoms with van der Waals surface area (Å²) in [4.78, 5) is 27.4. The molecule has 0 spiro atoms. The van der Waals surface area contributed by atoms with Crippen LogP contribution in [0.3, 0.4) is 0 Å². The van der Waals surface area contributed by atoms with Gasteiger partial charge in [-0.1, -0.05) is 18.6 Å². The molecule has 2 aromatic carbocycles. The van der Waals surface area contributed by atoms with Crippen molar-refractivity contribution < 1.29 is 31.8 Å². The van der Waals surface area contributed by atoms with Gasteiger partial charge in [0.15, 0.2) is 0 Å². The van der Waals surface area contributed by atoms with E-state index in [4.69, 9.17) is 13.8 Å². The standard InChI is InChI=1S/C25H29NO7S2/c1-2-31-10-11-32-12-13-34-21-9-8-20-23-18(21)4-3-5-19(23)24(27)26(25(20)28)33-35(29,30)22-15-16-6-7-17(22)14-16/h3-5,8-9,16-17,22H,2,6-7,10-15H2,1H3. The highest BCUT2D eigenvalue weighted by Gasteiger charge is 2.49. The first-order valence-corrected chi connectivity index (χ1v) is 14.5. The Morgan fingerprint density at radius 1 is 0.971 bits per heavy atom. The number of imide groups is 1. The lowest BCUT2D eigenvalue weighted by Crippen LogP contribution is -2.44. The number of hydroxylamine groups is 2. The zero-order valence-corrected chi connectivity index (χ0v) is 21.2. The van der Waals surface area contributed by atoms with Crippen molar-refractivity contribution >= 4 is 44.5 Å². The molecule has 1 heterocycles. The number of carbonyl (C=O) groups is 2. The number of carbonyl (C=O) groups excluding carboxylic acids is 2. The van der Waals surface area contributed by atoms with Crippen LogP contribution < -0.4 is 0 Å². The molecule has 3 aliphatic rings. The fourth-order valence-corrected chi connectivity index (χ4v) is 8.11. The molecular weight excluding hydrogens is 490 g/mol. The predicted molar refractivity (Wildman–Crippen MR) is 132 cm³/mol. The van der Waals surface area contributed by atoms with Crippen molar-refractivity contribution in [3.8, 4) is 0 Å². The topological polar surface area (TPSA) is 99.2 Å². The molecule has 0 N–H and O–H groups in total. The minimum atomic E-state index is -4.10. The Morgan fingerprint density at radius 3 is 2.46 bits per heavy atom. The zero-order chi connectivity index (χ0) is 24.6. The van der Waals surface area contributed by atoms with Crippen molar-refractivity contribution in [2.24, 2.45) is 11.8 Å². The van der Waals surface area contributed by atoms with E-state index < -0.39 is 27.2 Å². The molecule has 2 amide bonds. The van der Waals surface area contributed by atoms with Gasteiger partial charge in [0.1, 0.15) is 0 Å². The van der Waals surface area contributed by atoms with Crippen molar-refractivity contribution in [1.29, 1.82) is 0 Å². The smallest absolute Gasteiger partial charge is 0.291 e. The summed E-state index contributed by atoms with van der Waals surface area (Å²) in [6, 6.07) is 8.67. The second kappa shape index (κ2) is 10.2. The van der Waals surface area contributed by atoms with Crippen LogP contribution in [0.5, 0.6) is 0 Å². The van der Waals surface area contributed by atoms with E-state index in [0.717, 1.165) is 29.5 Å². The van der Waals surface area contributed by atoms with Gasteiger partial charge in [0, 0.05) is 22.6 Å². The van der Waals surface area contributed by atoms with Crippen LogP contribution in [0.15, 0.2) is 35.2 Å². The van der Waals surface area contributed by atoms with E-state index >= 15 is 0 Å². The number of benzene rings is 2. The summed E-state index contributed by atoms with van der Waals surface area (Å²) >= 11 is 1.57. The Bertz CT molecular complexity index is 1220. The van der Waals surface area contributed by atoms with E-state index in [-0.39, 0.29) is 17.0 Å². The molecule has 2 aromatic rings. The molecule has 3 unspecified atom stereocenters. The first-order valence-electron chi connectivity index (χ1n) is 12.1. The molecule has 188 valence electrons. The number of hydrogen-bond donors (Lipinski definition) is 0. The van der Waals surface area contributed by atoms with Gasteiger partial charge in [-0.05, 0) is 61.6 Å². The van der Waals surface area contributed by atoms with Gasteiger partial charge in [-0.15, -0.1) is 21.1 Å². The molecule has 5 rings (SSSR count). The summed E-state index contributed by atoms with van der Waals surface area (Å²) in [5, 5.41) is 1.09. The maximum absolute atomic E-state index is 13.2. The normalized spacial score (nSPS) is 23.6. The number of fused-ring (bicyclic) bond motifs is 2. The molecule has 2 bridgehead atoms. The molecule has 2 fully saturated rings. The maximum atomic E-state index is 13.2. The first-order chi connectivity index (χ1) is 16.9. The molecule has 0 radical (unpaired) electrons. The average molecular weight is 520 g/mol. The van der Waals surface area contributed by atoms with Crippen molar-refractivity contribution in [3.63, 3.8) is 0 Å². The van der Waals surface area contributed by atoms with Gasteiger partial charge in [-0.2, -0.15) is 8.42 Å². The Morgan fingerprint density at radius 2 is 1.74 bits per heavy atom. The molecule has 2 saturated carbocycles. The van der Waals surface area contributed by atoms with E-state index in [2.05, 4.69) is 0 Å². The molecule has 35 heavy (non-hydrogen) atoms. The number of rotatable bonds is 11. The third-order valence-electron chi connectivity index (χ3n) is 7.11. The molecular formula is C25H29NO7S2. The largest absolute Gasteiger partial charge is 0.379 e. The van der Waals surface area contributed by atoms with Crippen LogP contribution in [0, 0.1) is 11.8 Å². The summed E-state index contributed by atoms with van der Waals surface area (Å²) in [6.45, 7) is 4.23. The number of ether oxygens (including phenoxy) is 2. The van der Waals surface area contributed by atoms with Gasteiger partial charge in [0.25, 0.3) is 21.9 Å². The Kier molecular flexibility index (Phi) is 7.18. The molecule has 1 aliphatic heterocycles. The van der Waals surface area contributed by atoms with E-state index in [0.29, 0.717) is 55.0 Å². The van der Waals surface area contributed by atoms with E-state index in [9.17, 15) is 18.0 Å². The SMILES string of the molecule is CCOCCOCCSc1ccc2c3c(cccc13)C(=O)N(OS(=O)(=O)C1CC3CCC1C3)C2=O. The number of thioether (sulfide) groups is 1. The highest BCUT2D eigenvalue weighted by Crippen LogP contribution is 2.48. The van der Waals surface area contributed by atoms with Gasteiger partial charge in [0.05, 0.1) is 36.2 Å². The third-order valence-corrected chi connectivity index (χ3v) is 9.83. The minimum Gasteiger partial charge on any atom is -0.379 e. The van der Waals surface area contributed by atoms with Crippen molar-refractivity contribution in [1.82, 2.24) is 5.06 Å². The van der Waals surface area contributed by atoms with Crippen LogP contribution >= 0.6 is 11.8 Å². The summed E-state index contributed by atoms with van der Waals surface area (Å²) < 4.78 is 42.1. The lowest BCUT2D eigenvalue weighted by Gasteiger charge is -2.28. The van der Waals surface area contributed by atoms with Gasteiger partial charge in [-0.3, -0.25) is 9.59 Å². The zero-order valence-electron chi connectivity index (χ0n) is 19.6. The predicted octanol–water partition coefficient (Wildman–Crippen LogP) is 4.03. The van der Waals surface area contributed by atoms with E-state index in [1.807, 2.05) is 19.1 Å². The number of amides is 2. The summed E-state index contributed by atoms with van der Waals surface area (Å²) in [6.07, 6.45) is 3.29. The highest BCUT2D eigenvalue weighted by atomic mass is 32.2. The second-order valence-corrected chi connectivity index (χ2v) is 12.1. The van der Waals surface area contributed by atoms with Crippen LogP contribution in [0.25, 0.3) is 10.8 Å². The molecule has 10 heteroatoms. The van der Waals surface area contributed by atoms with Crippen LogP contribution in [-0.2, 0) is 23.9 Å². The summed E-state index contributed by atoms with van der Waals surface area (Å²) in [7, 11) is -4.10. The maximum Gasteiger partial charge on any atom is 0.291 e. The Labute approximate surface area is 209 Å². The number of hydrogen-bond acceptors (Lipinski definition) is 8. The monoisotopic (exact) mass is 519 g/mol. The van der Waals surface area contributed by atoms with Crippen LogP contribution in [0.1, 0.15) is 53.3 Å². The summed E-state index contributed by atoms with van der Waals surface area (Å²) in [5.74, 6) is -0.374. The quantitative estimate of drug-likeness (QED) is 0.249. The van der Waals surface area contributed by atoms with Gasteiger partial charge >= 0.3 is 0 Å². The Hall–Kier alpha value is -1.98. The van der Waals surface area contributed by atoms with Gasteiger partial charge < -0.3 is 9.47 Å². The minimum absolute atomic E-state index is 0.0402. The van der Waals surface area contributed by atoms with E-state index in [1.54, 1.807) is 30.0 Å². The van der Waals surface area contributed by atoms with Crippen LogP contribution in [-0.4, -0.2) is 62.7 Å². The van der Waals surface area contributed by atoms with E-state index in [1.165, 1.54) is 0 Å². The lowest BCUT2D eigenvalue weighted by molar-refractivity contribution is -0.0166. The van der Waals surface area contributed by atoms with Gasteiger partial charge in [0.2, 0.25) is 0 Å². The van der Waals surface area contributed by atoms with Crippen LogP contribution in [0.4, 0.5) is 0 Å². The Balaban J connectivity index is 1.34. The molecule has 0 aromatic heterocycles. The molecule has 3 atom stereocenters. The summed E-state index contributed by atoms with van der Waals surface area (Å²) in [5.41, 5.74) is 0.520. The second-order valence-electron chi connectivity index (χ2n) is 9.18. The number of nitrogens with zero attached hydrogens (tertiary/aromatic N) is 1. The lowest BCUT2D eigenvalue weighted by atomic mass is 9.95. The fourth-order valence-electron chi connectivity index (χ4n) is 5.51. The third kappa shape index (κ3) is 4.74.